The Morgan fingerprint density at radius 3 is 2.33 bits per heavy atom. The van der Waals surface area contributed by atoms with Gasteiger partial charge in [0.25, 0.3) is 0 Å². The van der Waals surface area contributed by atoms with Gasteiger partial charge in [-0.3, -0.25) is 14.6 Å². The number of quaternary nitrogens is 1. The number of ketones is 2. The van der Waals surface area contributed by atoms with E-state index in [-0.39, 0.29) is 11.6 Å². The number of carbonyl (C=O) groups excluding carboxylic acids is 2. The standard InChI is InChI=1S/C12H15N3O2.NO3/c1-9(16)7-14-11-5-3-4-6-12(11)15(13-14)8-10(2)17;2-1(3)4/h3-6,13H,7-8H2,1-2H3;/q;-1/p+1. The topological polar surface area (TPSA) is 120 Å². The first-order chi connectivity index (χ1) is 9.81. The number of rotatable bonds is 4. The monoisotopic (exact) mass is 296 g/mol. The maximum atomic E-state index is 11.2. The predicted molar refractivity (Wildman–Crippen MR) is 74.1 cm³/mol. The molecule has 0 fully saturated rings. The number of hydrazine groups is 1. The Kier molecular flexibility index (Phi) is 5.76. The summed E-state index contributed by atoms with van der Waals surface area (Å²) in [6.07, 6.45) is 0. The van der Waals surface area contributed by atoms with Gasteiger partial charge < -0.3 is 15.3 Å². The second-order valence-electron chi connectivity index (χ2n) is 4.50. The quantitative estimate of drug-likeness (QED) is 0.561. The van der Waals surface area contributed by atoms with E-state index in [0.29, 0.717) is 13.1 Å². The third-order valence-corrected chi connectivity index (χ3v) is 2.60. The molecule has 0 saturated carbocycles. The molecule has 9 nitrogen and oxygen atoms in total. The molecular weight excluding hydrogens is 280 g/mol. The van der Waals surface area contributed by atoms with Gasteiger partial charge >= 0.3 is 0 Å². The lowest BCUT2D eigenvalue weighted by Gasteiger charge is -2.15. The molecule has 0 aliphatic carbocycles. The molecule has 0 radical (unpaired) electrons. The minimum atomic E-state index is -1.75. The highest BCUT2D eigenvalue weighted by Crippen LogP contribution is 2.23. The first kappa shape index (κ1) is 16.5. The summed E-state index contributed by atoms with van der Waals surface area (Å²) < 4.78 is 0. The molecule has 0 spiro atoms. The molecule has 0 bridgehead atoms. The van der Waals surface area contributed by atoms with Crippen LogP contribution < -0.4 is 15.6 Å². The number of nitrogens with zero attached hydrogens (tertiary/aromatic N) is 2. The second kappa shape index (κ2) is 7.31. The largest absolute Gasteiger partial charge is 0.356 e. The number of carbonyl (C=O) groups is 2. The van der Waals surface area contributed by atoms with Crippen LogP contribution in [0.2, 0.25) is 0 Å². The number of anilines is 1. The fourth-order valence-corrected chi connectivity index (χ4v) is 1.98. The smallest absolute Gasteiger partial charge is 0.186 e. The van der Waals surface area contributed by atoms with E-state index >= 15 is 0 Å². The fourth-order valence-electron chi connectivity index (χ4n) is 1.98. The van der Waals surface area contributed by atoms with Crippen LogP contribution in [0.15, 0.2) is 24.3 Å². The van der Waals surface area contributed by atoms with Gasteiger partial charge in [-0.15, -0.1) is 0 Å². The summed E-state index contributed by atoms with van der Waals surface area (Å²) in [6, 6.07) is 7.75. The van der Waals surface area contributed by atoms with Gasteiger partial charge in [-0.25, -0.2) is 0 Å². The zero-order valence-corrected chi connectivity index (χ0v) is 11.7. The molecule has 0 aromatic heterocycles. The van der Waals surface area contributed by atoms with Crippen LogP contribution in [-0.4, -0.2) is 29.7 Å². The molecule has 1 aromatic carbocycles. The Labute approximate surface area is 120 Å². The number of hydrogen-bond donors (Lipinski definition) is 2. The van der Waals surface area contributed by atoms with Crippen molar-refractivity contribution in [2.45, 2.75) is 13.8 Å². The van der Waals surface area contributed by atoms with Crippen LogP contribution in [0, 0.1) is 15.3 Å². The lowest BCUT2D eigenvalue weighted by molar-refractivity contribution is -0.867. The molecule has 9 heteroatoms. The van der Waals surface area contributed by atoms with Gasteiger partial charge in [0.15, 0.2) is 23.8 Å². The van der Waals surface area contributed by atoms with E-state index in [9.17, 15) is 9.59 Å². The third kappa shape index (κ3) is 5.16. The van der Waals surface area contributed by atoms with Crippen molar-refractivity contribution in [2.24, 2.45) is 0 Å². The van der Waals surface area contributed by atoms with Crippen LogP contribution in [0.5, 0.6) is 0 Å². The average molecular weight is 296 g/mol. The first-order valence-corrected chi connectivity index (χ1v) is 6.11. The van der Waals surface area contributed by atoms with Crippen molar-refractivity contribution in [3.05, 3.63) is 39.6 Å². The van der Waals surface area contributed by atoms with Crippen LogP contribution in [0.4, 0.5) is 11.4 Å². The summed E-state index contributed by atoms with van der Waals surface area (Å²) in [5.41, 5.74) is 5.09. The molecule has 1 aromatic rings. The molecular formula is C12H16N4O5. The van der Waals surface area contributed by atoms with Crippen molar-refractivity contribution >= 4 is 22.9 Å². The average Bonchev–Trinajstić information content (AvgIpc) is 2.66. The Morgan fingerprint density at radius 1 is 1.24 bits per heavy atom. The highest BCUT2D eigenvalue weighted by Gasteiger charge is 2.31. The molecule has 2 N–H and O–H groups in total. The summed E-state index contributed by atoms with van der Waals surface area (Å²) in [5, 5.41) is 17.4. The van der Waals surface area contributed by atoms with Gasteiger partial charge in [-0.05, 0) is 13.0 Å². The van der Waals surface area contributed by atoms with Crippen molar-refractivity contribution in [1.82, 2.24) is 5.53 Å². The molecule has 1 atom stereocenters. The van der Waals surface area contributed by atoms with Crippen LogP contribution in [0.25, 0.3) is 0 Å². The van der Waals surface area contributed by atoms with E-state index in [2.05, 4.69) is 5.53 Å². The SMILES string of the molecule is CC(=O)CN1N[NH+](CC(C)=O)c2ccccc21.O=[N+]([O-])[O-]. The zero-order chi connectivity index (χ0) is 16.0. The predicted octanol–water partition coefficient (Wildman–Crippen LogP) is -0.618. The van der Waals surface area contributed by atoms with E-state index in [1.165, 1.54) is 0 Å². The maximum Gasteiger partial charge on any atom is 0.186 e. The molecule has 21 heavy (non-hydrogen) atoms. The molecule has 114 valence electrons. The van der Waals surface area contributed by atoms with Crippen LogP contribution in [0.3, 0.4) is 0 Å². The zero-order valence-electron chi connectivity index (χ0n) is 11.7. The lowest BCUT2D eigenvalue weighted by Crippen LogP contribution is -3.14. The summed E-state index contributed by atoms with van der Waals surface area (Å²) in [4.78, 5) is 30.6. The number of hydrogen-bond acceptors (Lipinski definition) is 7. The highest BCUT2D eigenvalue weighted by atomic mass is 16.9. The van der Waals surface area contributed by atoms with E-state index in [0.717, 1.165) is 16.4 Å². The van der Waals surface area contributed by atoms with Gasteiger partial charge in [0.1, 0.15) is 5.69 Å². The number of Topliss-reactive ketones (excluding diaryl/α,β-unsaturated/α-hetero) is 2. The van der Waals surface area contributed by atoms with E-state index < -0.39 is 5.09 Å². The van der Waals surface area contributed by atoms with Crippen LogP contribution >= 0.6 is 0 Å². The molecule has 1 heterocycles. The van der Waals surface area contributed by atoms with Crippen molar-refractivity contribution in [1.29, 1.82) is 0 Å². The van der Waals surface area contributed by atoms with Gasteiger partial charge in [0.05, 0.1) is 11.6 Å². The summed E-state index contributed by atoms with van der Waals surface area (Å²) >= 11 is 0. The summed E-state index contributed by atoms with van der Waals surface area (Å²) in [6.45, 7) is 3.78. The van der Waals surface area contributed by atoms with Crippen LogP contribution in [0.1, 0.15) is 13.8 Å². The second-order valence-corrected chi connectivity index (χ2v) is 4.50. The molecule has 0 saturated heterocycles. The van der Waals surface area contributed by atoms with Crippen molar-refractivity contribution < 1.29 is 19.7 Å². The minimum Gasteiger partial charge on any atom is -0.356 e. The minimum absolute atomic E-state index is 0.0800. The van der Waals surface area contributed by atoms with Gasteiger partial charge in [0.2, 0.25) is 0 Å². The van der Waals surface area contributed by atoms with E-state index in [1.807, 2.05) is 24.3 Å². The Balaban J connectivity index is 0.000000491. The van der Waals surface area contributed by atoms with E-state index in [1.54, 1.807) is 18.9 Å². The molecule has 2 rings (SSSR count). The Hall–Kier alpha value is -2.52. The molecule has 1 unspecified atom stereocenters. The highest BCUT2D eigenvalue weighted by molar-refractivity contribution is 5.82. The molecule has 1 aliphatic heterocycles. The van der Waals surface area contributed by atoms with Crippen LogP contribution in [-0.2, 0) is 9.59 Å². The normalized spacial score (nSPS) is 15.7. The third-order valence-electron chi connectivity index (χ3n) is 2.60. The van der Waals surface area contributed by atoms with Crippen molar-refractivity contribution in [2.75, 3.05) is 18.1 Å². The summed E-state index contributed by atoms with van der Waals surface area (Å²) in [5.74, 6) is 0.184. The molecule has 1 aliphatic rings. The fraction of sp³-hybridized carbons (Fsp3) is 0.333. The number of benzene rings is 1. The van der Waals surface area contributed by atoms with Crippen molar-refractivity contribution in [3.8, 4) is 0 Å². The Bertz CT molecular complexity index is 503. The van der Waals surface area contributed by atoms with E-state index in [4.69, 9.17) is 15.3 Å². The Morgan fingerprint density at radius 2 is 1.81 bits per heavy atom. The molecule has 0 amide bonds. The lowest BCUT2D eigenvalue weighted by atomic mass is 10.2. The number of nitrogens with one attached hydrogen (secondary N) is 2. The number of fused-ring (bicyclic) bond motifs is 1. The van der Waals surface area contributed by atoms with Gasteiger partial charge in [0, 0.05) is 13.0 Å². The number of para-hydroxylation sites is 2. The van der Waals surface area contributed by atoms with Crippen molar-refractivity contribution in [3.63, 3.8) is 0 Å². The van der Waals surface area contributed by atoms with Gasteiger partial charge in [-0.1, -0.05) is 17.7 Å². The van der Waals surface area contributed by atoms with Gasteiger partial charge in [-0.2, -0.15) is 5.01 Å². The summed E-state index contributed by atoms with van der Waals surface area (Å²) in [7, 11) is 0. The maximum absolute atomic E-state index is 11.2. The first-order valence-electron chi connectivity index (χ1n) is 6.11.